The second kappa shape index (κ2) is 8.75. The van der Waals surface area contributed by atoms with E-state index in [9.17, 15) is 9.59 Å². The fraction of sp³-hybridized carbons (Fsp3) is 0.304. The molecule has 30 heavy (non-hydrogen) atoms. The van der Waals surface area contributed by atoms with Crippen molar-refractivity contribution in [2.45, 2.75) is 19.8 Å². The molecule has 1 aromatic carbocycles. The van der Waals surface area contributed by atoms with Crippen molar-refractivity contribution in [3.05, 3.63) is 71.6 Å². The van der Waals surface area contributed by atoms with Crippen LogP contribution in [-0.2, 0) is 11.2 Å². The van der Waals surface area contributed by atoms with E-state index in [1.165, 1.54) is 17.3 Å². The van der Waals surface area contributed by atoms with Gasteiger partial charge in [0.25, 0.3) is 5.91 Å². The van der Waals surface area contributed by atoms with E-state index >= 15 is 0 Å². The number of carbonyl (C=O) groups is 2. The highest BCUT2D eigenvalue weighted by molar-refractivity contribution is 7.13. The van der Waals surface area contributed by atoms with Gasteiger partial charge in [0.15, 0.2) is 0 Å². The summed E-state index contributed by atoms with van der Waals surface area (Å²) in [5.41, 5.74) is 1.92. The Morgan fingerprint density at radius 1 is 1.20 bits per heavy atom. The second-order valence-corrected chi connectivity index (χ2v) is 8.47. The molecule has 4 rings (SSSR count). The third kappa shape index (κ3) is 3.98. The maximum absolute atomic E-state index is 13.2. The Hall–Kier alpha value is -3.06. The quantitative estimate of drug-likeness (QED) is 0.663. The molecule has 3 heterocycles. The number of nitrogens with one attached hydrogen (secondary N) is 1. The van der Waals surface area contributed by atoms with Gasteiger partial charge < -0.3 is 10.2 Å². The van der Waals surface area contributed by atoms with Crippen LogP contribution in [0.4, 0.5) is 0 Å². The van der Waals surface area contributed by atoms with Crippen LogP contribution in [0.1, 0.15) is 29.4 Å². The maximum atomic E-state index is 13.2. The SMILES string of the molecule is CCNC(=O)C1(Cc2ccccc2-c2cccs2)CCN(C(=O)c2cnccn2)C1. The van der Waals surface area contributed by atoms with Crippen LogP contribution in [0.5, 0.6) is 0 Å². The number of carbonyl (C=O) groups excluding carboxylic acids is 2. The van der Waals surface area contributed by atoms with E-state index in [2.05, 4.69) is 38.9 Å². The highest BCUT2D eigenvalue weighted by Crippen LogP contribution is 2.38. The lowest BCUT2D eigenvalue weighted by molar-refractivity contribution is -0.130. The van der Waals surface area contributed by atoms with Crippen molar-refractivity contribution in [1.29, 1.82) is 0 Å². The zero-order valence-corrected chi connectivity index (χ0v) is 17.7. The van der Waals surface area contributed by atoms with Crippen LogP contribution >= 0.6 is 11.3 Å². The number of hydrogen-bond donors (Lipinski definition) is 1. The fourth-order valence-electron chi connectivity index (χ4n) is 4.09. The Bertz CT molecular complexity index is 1020. The molecule has 1 atom stereocenters. The van der Waals surface area contributed by atoms with Gasteiger partial charge >= 0.3 is 0 Å². The van der Waals surface area contributed by atoms with Gasteiger partial charge in [0, 0.05) is 36.9 Å². The molecule has 0 bridgehead atoms. The first-order chi connectivity index (χ1) is 14.6. The molecular weight excluding hydrogens is 396 g/mol. The highest BCUT2D eigenvalue weighted by atomic mass is 32.1. The summed E-state index contributed by atoms with van der Waals surface area (Å²) >= 11 is 1.69. The minimum atomic E-state index is -0.665. The minimum absolute atomic E-state index is 0.000397. The topological polar surface area (TPSA) is 75.2 Å². The molecule has 1 aliphatic heterocycles. The van der Waals surface area contributed by atoms with Gasteiger partial charge in [0.1, 0.15) is 5.69 Å². The predicted octanol–water partition coefficient (Wildman–Crippen LogP) is 3.42. The van der Waals surface area contributed by atoms with Gasteiger partial charge in [0.05, 0.1) is 11.6 Å². The van der Waals surface area contributed by atoms with Crippen molar-refractivity contribution in [2.75, 3.05) is 19.6 Å². The molecule has 0 radical (unpaired) electrons. The Balaban J connectivity index is 1.64. The third-order valence-electron chi connectivity index (χ3n) is 5.58. The molecule has 0 spiro atoms. The summed E-state index contributed by atoms with van der Waals surface area (Å²) in [7, 11) is 0. The molecule has 7 heteroatoms. The van der Waals surface area contributed by atoms with E-state index in [1.807, 2.05) is 25.1 Å². The summed E-state index contributed by atoms with van der Waals surface area (Å²) in [6, 6.07) is 12.4. The molecule has 6 nitrogen and oxygen atoms in total. The fourth-order valence-corrected chi connectivity index (χ4v) is 4.87. The van der Waals surface area contributed by atoms with Crippen LogP contribution < -0.4 is 5.32 Å². The van der Waals surface area contributed by atoms with Gasteiger partial charge in [-0.1, -0.05) is 30.3 Å². The minimum Gasteiger partial charge on any atom is -0.356 e. The van der Waals surface area contributed by atoms with Crippen LogP contribution in [0.25, 0.3) is 10.4 Å². The summed E-state index contributed by atoms with van der Waals surface area (Å²) in [6.07, 6.45) is 5.72. The van der Waals surface area contributed by atoms with Crippen LogP contribution in [0.15, 0.2) is 60.4 Å². The van der Waals surface area contributed by atoms with Gasteiger partial charge in [-0.3, -0.25) is 14.6 Å². The zero-order chi connectivity index (χ0) is 21.0. The predicted molar refractivity (Wildman–Crippen MR) is 117 cm³/mol. The van der Waals surface area contributed by atoms with Crippen molar-refractivity contribution in [1.82, 2.24) is 20.2 Å². The van der Waals surface area contributed by atoms with Crippen LogP contribution in [0.3, 0.4) is 0 Å². The third-order valence-corrected chi connectivity index (χ3v) is 6.48. The van der Waals surface area contributed by atoms with Gasteiger partial charge in [-0.2, -0.15) is 0 Å². The average Bonchev–Trinajstić information content (AvgIpc) is 3.46. The molecular formula is C23H24N4O2S. The standard InChI is InChI=1S/C23H24N4O2S/c1-2-25-22(29)23(9-12-27(16-23)21(28)19-15-24-10-11-26-19)14-17-6-3-4-7-18(17)20-8-5-13-30-20/h3-8,10-11,13,15H,2,9,12,14,16H2,1H3,(H,25,29). The van der Waals surface area contributed by atoms with Gasteiger partial charge in [0.2, 0.25) is 5.91 Å². The van der Waals surface area contributed by atoms with Crippen LogP contribution in [0.2, 0.25) is 0 Å². The summed E-state index contributed by atoms with van der Waals surface area (Å²) in [5, 5.41) is 5.06. The van der Waals surface area contributed by atoms with Crippen molar-refractivity contribution < 1.29 is 9.59 Å². The molecule has 1 unspecified atom stereocenters. The number of amides is 2. The van der Waals surface area contributed by atoms with E-state index in [0.29, 0.717) is 38.2 Å². The van der Waals surface area contributed by atoms with Crippen molar-refractivity contribution in [3.63, 3.8) is 0 Å². The van der Waals surface area contributed by atoms with Gasteiger partial charge in [-0.15, -0.1) is 11.3 Å². The van der Waals surface area contributed by atoms with E-state index < -0.39 is 5.41 Å². The Kier molecular flexibility index (Phi) is 5.90. The molecule has 0 saturated carbocycles. The molecule has 1 saturated heterocycles. The highest BCUT2D eigenvalue weighted by Gasteiger charge is 2.46. The molecule has 2 aromatic heterocycles. The molecule has 0 aliphatic carbocycles. The van der Waals surface area contributed by atoms with E-state index in [4.69, 9.17) is 0 Å². The summed E-state index contributed by atoms with van der Waals surface area (Å²) in [4.78, 5) is 37.2. The van der Waals surface area contributed by atoms with Crippen molar-refractivity contribution >= 4 is 23.2 Å². The summed E-state index contributed by atoms with van der Waals surface area (Å²) < 4.78 is 0. The number of nitrogens with zero attached hydrogens (tertiary/aromatic N) is 3. The molecule has 1 aliphatic rings. The Morgan fingerprint density at radius 2 is 2.07 bits per heavy atom. The second-order valence-electron chi connectivity index (χ2n) is 7.52. The lowest BCUT2D eigenvalue weighted by atomic mass is 9.78. The van der Waals surface area contributed by atoms with E-state index in [1.54, 1.807) is 22.4 Å². The normalized spacial score (nSPS) is 18.4. The van der Waals surface area contributed by atoms with Crippen molar-refractivity contribution in [2.24, 2.45) is 5.41 Å². The molecule has 1 N–H and O–H groups in total. The Labute approximate surface area is 180 Å². The number of aromatic nitrogens is 2. The number of hydrogen-bond acceptors (Lipinski definition) is 5. The van der Waals surface area contributed by atoms with Crippen LogP contribution in [0, 0.1) is 5.41 Å². The number of rotatable bonds is 6. The van der Waals surface area contributed by atoms with E-state index in [0.717, 1.165) is 11.1 Å². The van der Waals surface area contributed by atoms with Crippen LogP contribution in [-0.4, -0.2) is 46.3 Å². The average molecular weight is 421 g/mol. The molecule has 154 valence electrons. The summed E-state index contributed by atoms with van der Waals surface area (Å²) in [5.74, 6) is -0.179. The first-order valence-corrected chi connectivity index (χ1v) is 11.0. The number of thiophene rings is 1. The largest absolute Gasteiger partial charge is 0.356 e. The molecule has 3 aromatic rings. The van der Waals surface area contributed by atoms with Gasteiger partial charge in [-0.25, -0.2) is 4.98 Å². The number of benzene rings is 1. The summed E-state index contributed by atoms with van der Waals surface area (Å²) in [6.45, 7) is 3.37. The Morgan fingerprint density at radius 3 is 2.80 bits per heavy atom. The molecule has 1 fully saturated rings. The monoisotopic (exact) mass is 420 g/mol. The first-order valence-electron chi connectivity index (χ1n) is 10.1. The number of likely N-dealkylation sites (tertiary alicyclic amines) is 1. The maximum Gasteiger partial charge on any atom is 0.274 e. The van der Waals surface area contributed by atoms with E-state index in [-0.39, 0.29) is 11.8 Å². The smallest absolute Gasteiger partial charge is 0.274 e. The van der Waals surface area contributed by atoms with Gasteiger partial charge in [-0.05, 0) is 42.3 Å². The lowest BCUT2D eigenvalue weighted by Crippen LogP contribution is -2.45. The molecule has 2 amide bonds. The zero-order valence-electron chi connectivity index (χ0n) is 16.9. The van der Waals surface area contributed by atoms with Crippen molar-refractivity contribution in [3.8, 4) is 10.4 Å². The first kappa shape index (κ1) is 20.2. The lowest BCUT2D eigenvalue weighted by Gasteiger charge is -2.29.